The summed E-state index contributed by atoms with van der Waals surface area (Å²) in [7, 11) is 0. The molecule has 8 rings (SSSR count). The first kappa shape index (κ1) is 32.8. The molecule has 6 fully saturated rings. The van der Waals surface area contributed by atoms with Crippen LogP contribution < -0.4 is 4.90 Å². The van der Waals surface area contributed by atoms with Crippen LogP contribution in [0.2, 0.25) is 0 Å². The minimum atomic E-state index is -0.282. The van der Waals surface area contributed by atoms with E-state index in [4.69, 9.17) is 4.74 Å². The first-order valence-electron chi connectivity index (χ1n) is 19.9. The van der Waals surface area contributed by atoms with E-state index < -0.39 is 0 Å². The number of carbonyl (C=O) groups is 3. The lowest BCUT2D eigenvalue weighted by Crippen LogP contribution is -2.54. The summed E-state index contributed by atoms with van der Waals surface area (Å²) in [5, 5.41) is 0. The van der Waals surface area contributed by atoms with Crippen LogP contribution in [0.15, 0.2) is 36.4 Å². The molecule has 2 bridgehead atoms. The highest BCUT2D eigenvalue weighted by molar-refractivity contribution is 6.22. The highest BCUT2D eigenvalue weighted by Crippen LogP contribution is 2.68. The number of benzene rings is 1. The fraction of sp³-hybridized carbons (Fsp3) is 0.744. The van der Waals surface area contributed by atoms with Gasteiger partial charge in [0.15, 0.2) is 0 Å². The summed E-state index contributed by atoms with van der Waals surface area (Å²) in [5.74, 6) is 5.26. The smallest absolute Gasteiger partial charge is 0.338 e. The van der Waals surface area contributed by atoms with E-state index in [1.165, 1.54) is 62.7 Å². The van der Waals surface area contributed by atoms with Crippen LogP contribution in [0.1, 0.15) is 128 Å². The summed E-state index contributed by atoms with van der Waals surface area (Å²) in [5.41, 5.74) is 1.95. The van der Waals surface area contributed by atoms with E-state index in [9.17, 15) is 14.4 Å². The van der Waals surface area contributed by atoms with E-state index in [2.05, 4.69) is 46.8 Å². The normalized spacial score (nSPS) is 43.2. The van der Waals surface area contributed by atoms with E-state index >= 15 is 0 Å². The molecule has 0 aromatic heterocycles. The lowest BCUT2D eigenvalue weighted by molar-refractivity contribution is -0.130. The molecule has 5 nitrogen and oxygen atoms in total. The minimum Gasteiger partial charge on any atom is -0.459 e. The summed E-state index contributed by atoms with van der Waals surface area (Å²) in [4.78, 5) is 41.2. The van der Waals surface area contributed by atoms with Crippen LogP contribution in [0.4, 0.5) is 5.69 Å². The van der Waals surface area contributed by atoms with Gasteiger partial charge in [0.25, 0.3) is 0 Å². The molecular formula is C43H59NO4. The van der Waals surface area contributed by atoms with E-state index in [0.717, 1.165) is 61.2 Å². The number of imide groups is 1. The zero-order chi connectivity index (χ0) is 33.5. The van der Waals surface area contributed by atoms with Crippen LogP contribution in [-0.4, -0.2) is 23.9 Å². The number of carbonyl (C=O) groups excluding carboxylic acids is 3. The summed E-state index contributed by atoms with van der Waals surface area (Å²) in [6, 6.07) is 6.96. The maximum Gasteiger partial charge on any atom is 0.338 e. The van der Waals surface area contributed by atoms with E-state index in [1.54, 1.807) is 24.3 Å². The molecule has 1 heterocycles. The zero-order valence-corrected chi connectivity index (χ0v) is 30.2. The van der Waals surface area contributed by atoms with Gasteiger partial charge in [0.1, 0.15) is 6.10 Å². The van der Waals surface area contributed by atoms with Crippen molar-refractivity contribution in [3.8, 4) is 0 Å². The van der Waals surface area contributed by atoms with Crippen molar-refractivity contribution in [2.24, 2.45) is 75.9 Å². The Labute approximate surface area is 289 Å². The maximum atomic E-state index is 13.4. The van der Waals surface area contributed by atoms with Crippen molar-refractivity contribution in [2.45, 2.75) is 124 Å². The van der Waals surface area contributed by atoms with Crippen molar-refractivity contribution in [1.29, 1.82) is 0 Å². The topological polar surface area (TPSA) is 63.7 Å². The molecule has 260 valence electrons. The fourth-order valence-corrected chi connectivity index (χ4v) is 13.5. The Morgan fingerprint density at radius 1 is 0.812 bits per heavy atom. The van der Waals surface area contributed by atoms with Gasteiger partial charge < -0.3 is 4.74 Å². The van der Waals surface area contributed by atoms with Crippen LogP contribution >= 0.6 is 0 Å². The Bertz CT molecular complexity index is 1430. The summed E-state index contributed by atoms with van der Waals surface area (Å²) in [6.45, 7) is 12.6. The van der Waals surface area contributed by atoms with Crippen LogP contribution in [0, 0.1) is 75.9 Å². The molecule has 0 radical (unpaired) electrons. The molecule has 13 unspecified atom stereocenters. The summed E-state index contributed by atoms with van der Waals surface area (Å²) < 4.78 is 6.19. The van der Waals surface area contributed by atoms with Gasteiger partial charge in [0, 0.05) is 0 Å². The number of hydrogen-bond acceptors (Lipinski definition) is 4. The molecule has 0 N–H and O–H groups in total. The number of esters is 1. The Kier molecular flexibility index (Phi) is 8.27. The third-order valence-corrected chi connectivity index (χ3v) is 15.9. The van der Waals surface area contributed by atoms with Crippen molar-refractivity contribution in [3.05, 3.63) is 42.0 Å². The van der Waals surface area contributed by atoms with Crippen LogP contribution in [0.3, 0.4) is 0 Å². The number of amides is 2. The number of ether oxygens (including phenoxy) is 1. The van der Waals surface area contributed by atoms with E-state index in [1.807, 2.05) is 0 Å². The quantitative estimate of drug-likeness (QED) is 0.159. The molecule has 48 heavy (non-hydrogen) atoms. The Morgan fingerprint density at radius 3 is 2.17 bits per heavy atom. The molecule has 5 heteroatoms. The number of rotatable bonds is 8. The van der Waals surface area contributed by atoms with Gasteiger partial charge in [0.05, 0.1) is 23.1 Å². The standard InChI is InChI=1S/C43H59NO4/c1-25(2)7-6-8-26(3)34-17-18-35-33-16-13-30-24-32(19-21-42(30,4)36(33)20-22-43(34,35)5)48-41(47)27-11-14-31(15-12-27)44-39(45)37-28-9-10-29(23-28)38(37)40(44)46/h9-12,14-15,25-26,28-30,32-38H,6-8,13,16-24H2,1-5H3. The van der Waals surface area contributed by atoms with Gasteiger partial charge in [-0.25, -0.2) is 4.79 Å². The second-order valence-electron chi connectivity index (χ2n) is 18.5. The van der Waals surface area contributed by atoms with Gasteiger partial charge in [0.2, 0.25) is 11.8 Å². The predicted molar refractivity (Wildman–Crippen MR) is 189 cm³/mol. The zero-order valence-electron chi connectivity index (χ0n) is 30.2. The average molecular weight is 654 g/mol. The first-order valence-corrected chi connectivity index (χ1v) is 19.9. The second kappa shape index (κ2) is 12.1. The lowest BCUT2D eigenvalue weighted by atomic mass is 9.44. The van der Waals surface area contributed by atoms with Crippen LogP contribution in [0.25, 0.3) is 0 Å². The Hall–Kier alpha value is -2.43. The maximum absolute atomic E-state index is 13.4. The van der Waals surface area contributed by atoms with Crippen molar-refractivity contribution in [3.63, 3.8) is 0 Å². The summed E-state index contributed by atoms with van der Waals surface area (Å²) in [6.07, 6.45) is 20.7. The second-order valence-corrected chi connectivity index (χ2v) is 18.5. The third kappa shape index (κ3) is 5.09. The summed E-state index contributed by atoms with van der Waals surface area (Å²) >= 11 is 0. The van der Waals surface area contributed by atoms with Gasteiger partial charge >= 0.3 is 5.97 Å². The lowest BCUT2D eigenvalue weighted by Gasteiger charge is -2.61. The van der Waals surface area contributed by atoms with Crippen LogP contribution in [0.5, 0.6) is 0 Å². The van der Waals surface area contributed by atoms with Gasteiger partial charge in [-0.15, -0.1) is 0 Å². The highest BCUT2D eigenvalue weighted by Gasteiger charge is 2.61. The molecule has 13 atom stereocenters. The molecule has 1 aliphatic heterocycles. The van der Waals surface area contributed by atoms with Gasteiger partial charge in [-0.2, -0.15) is 0 Å². The number of allylic oxidation sites excluding steroid dienone is 2. The number of fused-ring (bicyclic) bond motifs is 10. The van der Waals surface area contributed by atoms with Crippen molar-refractivity contribution >= 4 is 23.5 Å². The molecular weight excluding hydrogens is 594 g/mol. The third-order valence-electron chi connectivity index (χ3n) is 15.9. The van der Waals surface area contributed by atoms with Gasteiger partial charge in [-0.05, 0) is 153 Å². The predicted octanol–water partition coefficient (Wildman–Crippen LogP) is 9.64. The fourth-order valence-electron chi connectivity index (χ4n) is 13.5. The number of hydrogen-bond donors (Lipinski definition) is 0. The van der Waals surface area contributed by atoms with Crippen molar-refractivity contribution in [1.82, 2.24) is 0 Å². The molecule has 1 saturated heterocycles. The van der Waals surface area contributed by atoms with Crippen molar-refractivity contribution in [2.75, 3.05) is 4.90 Å². The van der Waals surface area contributed by atoms with Gasteiger partial charge in [-0.1, -0.05) is 66.0 Å². The number of nitrogens with zero attached hydrogens (tertiary/aromatic N) is 1. The molecule has 7 aliphatic rings. The molecule has 1 aromatic carbocycles. The Morgan fingerprint density at radius 2 is 1.48 bits per heavy atom. The van der Waals surface area contributed by atoms with Gasteiger partial charge in [-0.3, -0.25) is 14.5 Å². The monoisotopic (exact) mass is 653 g/mol. The van der Waals surface area contributed by atoms with Crippen molar-refractivity contribution < 1.29 is 19.1 Å². The number of anilines is 1. The van der Waals surface area contributed by atoms with E-state index in [0.29, 0.717) is 28.0 Å². The van der Waals surface area contributed by atoms with E-state index in [-0.39, 0.29) is 47.6 Å². The Balaban J connectivity index is 0.877. The minimum absolute atomic E-state index is 0.0349. The molecule has 6 aliphatic carbocycles. The van der Waals surface area contributed by atoms with Crippen LogP contribution in [-0.2, 0) is 14.3 Å². The largest absolute Gasteiger partial charge is 0.459 e. The first-order chi connectivity index (χ1) is 23.0. The molecule has 2 amide bonds. The molecule has 0 spiro atoms. The average Bonchev–Trinajstić information content (AvgIpc) is 3.82. The SMILES string of the molecule is CC(C)CCCC(C)C1CCC2C3CCC4CC(OC(=O)c5ccc(N6C(=O)C7C8C=CC(C8)C7C6=O)cc5)CCC4(C)C3CCC12C. The molecule has 5 saturated carbocycles. The molecule has 1 aromatic rings. The highest BCUT2D eigenvalue weighted by atomic mass is 16.5.